The quantitative estimate of drug-likeness (QED) is 0.741. The summed E-state index contributed by atoms with van der Waals surface area (Å²) < 4.78 is 10.8. The van der Waals surface area contributed by atoms with Crippen molar-refractivity contribution in [1.29, 1.82) is 0 Å². The Kier molecular flexibility index (Phi) is 4.91. The summed E-state index contributed by atoms with van der Waals surface area (Å²) in [4.78, 5) is 42.1. The van der Waals surface area contributed by atoms with Crippen LogP contribution in [0.1, 0.15) is 32.4 Å². The second kappa shape index (κ2) is 7.55. The first-order valence-electron chi connectivity index (χ1n) is 9.39. The zero-order valence-corrected chi connectivity index (χ0v) is 16.7. The van der Waals surface area contributed by atoms with Gasteiger partial charge in [0.1, 0.15) is 12.7 Å². The molecular weight excluding hydrogens is 386 g/mol. The highest BCUT2D eigenvalue weighted by atomic mass is 16.5. The van der Waals surface area contributed by atoms with Crippen molar-refractivity contribution in [2.45, 2.75) is 6.17 Å². The van der Waals surface area contributed by atoms with E-state index in [4.69, 9.17) is 9.47 Å². The molecule has 0 fully saturated rings. The van der Waals surface area contributed by atoms with Crippen LogP contribution in [0.15, 0.2) is 49.1 Å². The molecule has 0 radical (unpaired) electrons. The molecule has 2 aromatic rings. The SMILES string of the molecule is C=CCNC(=O)CN1C(=O)c2ccccc2N2C(=O)c3c(ccc(OC)c3OC)C12. The minimum atomic E-state index is -0.760. The van der Waals surface area contributed by atoms with Gasteiger partial charge in [0.15, 0.2) is 11.5 Å². The van der Waals surface area contributed by atoms with Crippen LogP contribution in [0.4, 0.5) is 5.69 Å². The molecule has 8 heteroatoms. The maximum absolute atomic E-state index is 13.5. The van der Waals surface area contributed by atoms with Gasteiger partial charge in [-0.1, -0.05) is 24.3 Å². The van der Waals surface area contributed by atoms with E-state index in [9.17, 15) is 14.4 Å². The van der Waals surface area contributed by atoms with Crippen molar-refractivity contribution in [2.75, 3.05) is 32.2 Å². The first-order chi connectivity index (χ1) is 14.5. The van der Waals surface area contributed by atoms with Crippen LogP contribution in [-0.2, 0) is 4.79 Å². The molecule has 2 aromatic carbocycles. The summed E-state index contributed by atoms with van der Waals surface area (Å²) in [6.07, 6.45) is 0.799. The third kappa shape index (κ3) is 2.80. The monoisotopic (exact) mass is 407 g/mol. The van der Waals surface area contributed by atoms with E-state index in [-0.39, 0.29) is 30.8 Å². The molecule has 3 amide bonds. The lowest BCUT2D eigenvalue weighted by Crippen LogP contribution is -2.51. The van der Waals surface area contributed by atoms with E-state index in [1.54, 1.807) is 42.5 Å². The van der Waals surface area contributed by atoms with Crippen LogP contribution in [-0.4, -0.2) is 49.9 Å². The van der Waals surface area contributed by atoms with Crippen LogP contribution in [0.5, 0.6) is 11.5 Å². The van der Waals surface area contributed by atoms with E-state index in [0.29, 0.717) is 33.9 Å². The lowest BCUT2D eigenvalue weighted by atomic mass is 10.0. The lowest BCUT2D eigenvalue weighted by Gasteiger charge is -2.40. The fourth-order valence-electron chi connectivity index (χ4n) is 3.98. The zero-order chi connectivity index (χ0) is 21.4. The topological polar surface area (TPSA) is 88.2 Å². The average molecular weight is 407 g/mol. The molecule has 8 nitrogen and oxygen atoms in total. The molecule has 0 aliphatic carbocycles. The first-order valence-corrected chi connectivity index (χ1v) is 9.39. The Morgan fingerprint density at radius 3 is 2.60 bits per heavy atom. The molecule has 1 unspecified atom stereocenters. The van der Waals surface area contributed by atoms with Gasteiger partial charge in [-0.25, -0.2) is 0 Å². The maximum Gasteiger partial charge on any atom is 0.264 e. The number of benzene rings is 2. The van der Waals surface area contributed by atoms with Crippen molar-refractivity contribution in [2.24, 2.45) is 0 Å². The van der Waals surface area contributed by atoms with Crippen LogP contribution >= 0.6 is 0 Å². The Balaban J connectivity index is 1.88. The van der Waals surface area contributed by atoms with Crippen LogP contribution in [0.2, 0.25) is 0 Å². The zero-order valence-electron chi connectivity index (χ0n) is 16.7. The van der Waals surface area contributed by atoms with Gasteiger partial charge in [-0.3, -0.25) is 19.3 Å². The van der Waals surface area contributed by atoms with Gasteiger partial charge in [-0.05, 0) is 18.2 Å². The number of para-hydroxylation sites is 1. The van der Waals surface area contributed by atoms with Gasteiger partial charge in [0, 0.05) is 12.1 Å². The molecule has 1 N–H and O–H groups in total. The molecule has 0 spiro atoms. The van der Waals surface area contributed by atoms with E-state index in [1.165, 1.54) is 24.0 Å². The minimum absolute atomic E-state index is 0.205. The molecule has 1 atom stereocenters. The highest BCUT2D eigenvalue weighted by molar-refractivity contribution is 6.18. The normalized spacial score (nSPS) is 16.5. The Morgan fingerprint density at radius 2 is 1.90 bits per heavy atom. The third-order valence-electron chi connectivity index (χ3n) is 5.24. The molecular formula is C22H21N3O5. The summed E-state index contributed by atoms with van der Waals surface area (Å²) in [7, 11) is 2.95. The summed E-state index contributed by atoms with van der Waals surface area (Å²) >= 11 is 0. The van der Waals surface area contributed by atoms with Crippen molar-refractivity contribution in [3.05, 3.63) is 65.7 Å². The number of anilines is 1. The van der Waals surface area contributed by atoms with Crippen molar-refractivity contribution < 1.29 is 23.9 Å². The molecule has 0 saturated heterocycles. The number of hydrogen-bond acceptors (Lipinski definition) is 5. The van der Waals surface area contributed by atoms with E-state index in [2.05, 4.69) is 11.9 Å². The van der Waals surface area contributed by atoms with Gasteiger partial charge in [0.2, 0.25) is 5.91 Å². The van der Waals surface area contributed by atoms with Gasteiger partial charge in [-0.15, -0.1) is 6.58 Å². The molecule has 4 rings (SSSR count). The van der Waals surface area contributed by atoms with Crippen LogP contribution in [0.25, 0.3) is 0 Å². The number of ether oxygens (including phenoxy) is 2. The Morgan fingerprint density at radius 1 is 1.13 bits per heavy atom. The molecule has 0 bridgehead atoms. The fourth-order valence-corrected chi connectivity index (χ4v) is 3.98. The number of methoxy groups -OCH3 is 2. The molecule has 0 saturated carbocycles. The molecule has 0 aromatic heterocycles. The lowest BCUT2D eigenvalue weighted by molar-refractivity contribution is -0.122. The standard InChI is InChI=1S/C22H21N3O5/c1-4-11-23-17(26)12-24-20-14-9-10-16(29-2)19(30-3)18(14)22(28)25(20)15-8-6-5-7-13(15)21(24)27/h4-10,20H,1,11-12H2,2-3H3,(H,23,26). The summed E-state index contributed by atoms with van der Waals surface area (Å²) in [5.74, 6) is -0.267. The van der Waals surface area contributed by atoms with Crippen molar-refractivity contribution in [3.8, 4) is 11.5 Å². The second-order valence-corrected chi connectivity index (χ2v) is 6.86. The van der Waals surface area contributed by atoms with Gasteiger partial charge in [0.05, 0.1) is 31.0 Å². The fraction of sp³-hybridized carbons (Fsp3) is 0.227. The summed E-state index contributed by atoms with van der Waals surface area (Å²) in [6.45, 7) is 3.66. The number of carbonyl (C=O) groups excluding carboxylic acids is 3. The Bertz CT molecular complexity index is 1060. The summed E-state index contributed by atoms with van der Waals surface area (Å²) in [5.41, 5.74) is 1.76. The minimum Gasteiger partial charge on any atom is -0.493 e. The van der Waals surface area contributed by atoms with E-state index in [0.717, 1.165) is 0 Å². The van der Waals surface area contributed by atoms with Gasteiger partial charge in [0.25, 0.3) is 11.8 Å². The molecule has 2 heterocycles. The first kappa shape index (κ1) is 19.5. The van der Waals surface area contributed by atoms with E-state index >= 15 is 0 Å². The highest BCUT2D eigenvalue weighted by Crippen LogP contribution is 2.49. The maximum atomic E-state index is 13.5. The number of hydrogen-bond donors (Lipinski definition) is 1. The van der Waals surface area contributed by atoms with Crippen molar-refractivity contribution >= 4 is 23.4 Å². The Hall–Kier alpha value is -3.81. The summed E-state index contributed by atoms with van der Waals surface area (Å²) in [6, 6.07) is 10.3. The van der Waals surface area contributed by atoms with Crippen LogP contribution < -0.4 is 19.7 Å². The number of carbonyl (C=O) groups is 3. The molecule has 2 aliphatic heterocycles. The Labute approximate surface area is 173 Å². The van der Waals surface area contributed by atoms with E-state index < -0.39 is 6.17 Å². The van der Waals surface area contributed by atoms with Gasteiger partial charge < -0.3 is 19.7 Å². The smallest absolute Gasteiger partial charge is 0.264 e. The van der Waals surface area contributed by atoms with Crippen molar-refractivity contribution in [3.63, 3.8) is 0 Å². The number of amides is 3. The van der Waals surface area contributed by atoms with Gasteiger partial charge >= 0.3 is 0 Å². The molecule has 30 heavy (non-hydrogen) atoms. The number of nitrogens with one attached hydrogen (secondary N) is 1. The summed E-state index contributed by atoms with van der Waals surface area (Å²) in [5, 5.41) is 2.68. The van der Waals surface area contributed by atoms with Crippen molar-refractivity contribution in [1.82, 2.24) is 10.2 Å². The molecule has 2 aliphatic rings. The predicted octanol–water partition coefficient (Wildman–Crippen LogP) is 2.12. The van der Waals surface area contributed by atoms with Crippen LogP contribution in [0.3, 0.4) is 0 Å². The second-order valence-electron chi connectivity index (χ2n) is 6.86. The predicted molar refractivity (Wildman–Crippen MR) is 110 cm³/mol. The number of rotatable bonds is 6. The number of nitrogens with zero attached hydrogens (tertiary/aromatic N) is 2. The van der Waals surface area contributed by atoms with Gasteiger partial charge in [-0.2, -0.15) is 0 Å². The largest absolute Gasteiger partial charge is 0.493 e. The highest BCUT2D eigenvalue weighted by Gasteiger charge is 2.49. The van der Waals surface area contributed by atoms with E-state index in [1.807, 2.05) is 0 Å². The molecule has 154 valence electrons. The average Bonchev–Trinajstić information content (AvgIpc) is 3.07. The number of fused-ring (bicyclic) bond motifs is 5. The third-order valence-corrected chi connectivity index (χ3v) is 5.24. The van der Waals surface area contributed by atoms with Crippen LogP contribution in [0, 0.1) is 0 Å².